The molecule has 7 nitrogen and oxygen atoms in total. The van der Waals surface area contributed by atoms with E-state index in [2.05, 4.69) is 10.1 Å². The van der Waals surface area contributed by atoms with E-state index < -0.39 is 5.82 Å². The highest BCUT2D eigenvalue weighted by molar-refractivity contribution is 5.94. The molecule has 0 radical (unpaired) electrons. The zero-order valence-corrected chi connectivity index (χ0v) is 16.0. The third-order valence-electron chi connectivity index (χ3n) is 5.23. The molecule has 1 fully saturated rings. The van der Waals surface area contributed by atoms with Crippen LogP contribution in [0.4, 0.5) is 4.39 Å². The molecule has 0 spiro atoms. The molecule has 8 heteroatoms. The molecule has 2 heterocycles. The Hall–Kier alpha value is -3.42. The van der Waals surface area contributed by atoms with Crippen LogP contribution < -0.4 is 10.4 Å². The van der Waals surface area contributed by atoms with Crippen LogP contribution in [0.15, 0.2) is 53.3 Å². The van der Waals surface area contributed by atoms with Gasteiger partial charge < -0.3 is 9.64 Å². The maximum atomic E-state index is 13.9. The Kier molecular flexibility index (Phi) is 5.16. The number of halogens is 1. The number of H-pyrrole nitrogens is 1. The van der Waals surface area contributed by atoms with Crippen molar-refractivity contribution < 1.29 is 13.9 Å². The van der Waals surface area contributed by atoms with Gasteiger partial charge in [-0.15, -0.1) is 5.10 Å². The number of hydrogen-bond donors (Lipinski definition) is 1. The van der Waals surface area contributed by atoms with Crippen LogP contribution >= 0.6 is 0 Å². The van der Waals surface area contributed by atoms with Gasteiger partial charge in [-0.1, -0.05) is 12.1 Å². The highest BCUT2D eigenvalue weighted by Crippen LogP contribution is 2.26. The van der Waals surface area contributed by atoms with Crippen molar-refractivity contribution in [3.8, 4) is 11.4 Å². The van der Waals surface area contributed by atoms with Crippen LogP contribution in [-0.2, 0) is 0 Å². The van der Waals surface area contributed by atoms with E-state index in [-0.39, 0.29) is 23.1 Å². The van der Waals surface area contributed by atoms with Gasteiger partial charge in [-0.25, -0.2) is 9.18 Å². The lowest BCUT2D eigenvalue weighted by Crippen LogP contribution is -2.38. The zero-order valence-electron chi connectivity index (χ0n) is 16.0. The van der Waals surface area contributed by atoms with Crippen molar-refractivity contribution in [2.45, 2.75) is 18.8 Å². The molecule has 2 aromatic carbocycles. The lowest BCUT2D eigenvalue weighted by molar-refractivity contribution is 0.0706. The first-order valence-electron chi connectivity index (χ1n) is 9.44. The second-order valence-electron chi connectivity index (χ2n) is 6.97. The normalized spacial score (nSPS) is 14.8. The van der Waals surface area contributed by atoms with Crippen LogP contribution in [0.3, 0.4) is 0 Å². The van der Waals surface area contributed by atoms with Gasteiger partial charge in [0.15, 0.2) is 0 Å². The summed E-state index contributed by atoms with van der Waals surface area (Å²) in [5, 5.41) is 4.45. The van der Waals surface area contributed by atoms with Crippen molar-refractivity contribution in [3.05, 3.63) is 76.2 Å². The molecule has 1 amide bonds. The number of carbonyl (C=O) groups excluding carboxylic acids is 1. The van der Waals surface area contributed by atoms with E-state index in [0.717, 1.165) is 0 Å². The minimum absolute atomic E-state index is 0.0341. The van der Waals surface area contributed by atoms with E-state index in [9.17, 15) is 14.0 Å². The first-order valence-corrected chi connectivity index (χ1v) is 9.44. The summed E-state index contributed by atoms with van der Waals surface area (Å²) in [6.45, 7) is 0.963. The molecule has 4 rings (SSSR count). The highest BCUT2D eigenvalue weighted by Gasteiger charge is 2.28. The van der Waals surface area contributed by atoms with Crippen LogP contribution in [-0.4, -0.2) is 45.8 Å². The van der Waals surface area contributed by atoms with E-state index >= 15 is 0 Å². The van der Waals surface area contributed by atoms with Crippen molar-refractivity contribution in [3.63, 3.8) is 0 Å². The van der Waals surface area contributed by atoms with Crippen molar-refractivity contribution in [2.24, 2.45) is 0 Å². The minimum Gasteiger partial charge on any atom is -0.497 e. The van der Waals surface area contributed by atoms with Crippen LogP contribution in [0.1, 0.15) is 34.9 Å². The molecular weight excluding hydrogens is 375 g/mol. The van der Waals surface area contributed by atoms with E-state index in [1.54, 1.807) is 48.4 Å². The van der Waals surface area contributed by atoms with Gasteiger partial charge in [0, 0.05) is 19.0 Å². The number of amides is 1. The SMILES string of the molecule is COc1ccc(-n2nc(C3CCN(C(=O)c4ccccc4F)CC3)[nH]c2=O)cc1. The second-order valence-corrected chi connectivity index (χ2v) is 6.97. The van der Waals surface area contributed by atoms with Crippen molar-refractivity contribution >= 4 is 5.91 Å². The Bertz CT molecular complexity index is 1070. The van der Waals surface area contributed by atoms with Crippen molar-refractivity contribution in [1.29, 1.82) is 0 Å². The third kappa shape index (κ3) is 3.78. The van der Waals surface area contributed by atoms with Gasteiger partial charge in [0.25, 0.3) is 5.91 Å². The fourth-order valence-electron chi connectivity index (χ4n) is 3.58. The standard InChI is InChI=1S/C21H21FN4O3/c1-29-16-8-6-15(7-9-16)26-21(28)23-19(24-26)14-10-12-25(13-11-14)20(27)17-4-2-3-5-18(17)22/h2-9,14H,10-13H2,1H3,(H,23,24,28). The Balaban J connectivity index is 1.46. The molecule has 1 aromatic heterocycles. The molecule has 0 saturated carbocycles. The molecule has 150 valence electrons. The molecule has 1 aliphatic heterocycles. The van der Waals surface area contributed by atoms with Gasteiger partial charge >= 0.3 is 5.69 Å². The van der Waals surface area contributed by atoms with Crippen molar-refractivity contribution in [2.75, 3.05) is 20.2 Å². The average Bonchev–Trinajstić information content (AvgIpc) is 3.15. The number of methoxy groups -OCH3 is 1. The number of piperidine rings is 1. The van der Waals surface area contributed by atoms with Crippen LogP contribution in [0, 0.1) is 5.82 Å². The smallest absolute Gasteiger partial charge is 0.348 e. The number of likely N-dealkylation sites (tertiary alicyclic amines) is 1. The Labute approximate surface area is 166 Å². The van der Waals surface area contributed by atoms with Crippen LogP contribution in [0.5, 0.6) is 5.75 Å². The molecule has 1 N–H and O–H groups in total. The van der Waals surface area contributed by atoms with Crippen LogP contribution in [0.25, 0.3) is 5.69 Å². The van der Waals surface area contributed by atoms with E-state index in [0.29, 0.717) is 43.2 Å². The number of benzene rings is 2. The summed E-state index contributed by atoms with van der Waals surface area (Å²) in [4.78, 5) is 29.4. The number of carbonyl (C=O) groups is 1. The molecule has 1 aliphatic rings. The fraction of sp³-hybridized carbons (Fsp3) is 0.286. The summed E-state index contributed by atoms with van der Waals surface area (Å²) >= 11 is 0. The minimum atomic E-state index is -0.512. The second kappa shape index (κ2) is 7.90. The summed E-state index contributed by atoms with van der Waals surface area (Å²) in [6, 6.07) is 13.1. The topological polar surface area (TPSA) is 80.2 Å². The van der Waals surface area contributed by atoms with Crippen LogP contribution in [0.2, 0.25) is 0 Å². The molecule has 0 unspecified atom stereocenters. The number of aromatic amines is 1. The largest absolute Gasteiger partial charge is 0.497 e. The summed E-state index contributed by atoms with van der Waals surface area (Å²) in [5.74, 6) is 0.515. The monoisotopic (exact) mass is 396 g/mol. The molecule has 0 atom stereocenters. The first-order chi connectivity index (χ1) is 14.1. The summed E-state index contributed by atoms with van der Waals surface area (Å²) < 4.78 is 20.3. The Morgan fingerprint density at radius 2 is 1.83 bits per heavy atom. The molecular formula is C21H21FN4O3. The van der Waals surface area contributed by atoms with E-state index in [1.807, 2.05) is 0 Å². The van der Waals surface area contributed by atoms with Crippen molar-refractivity contribution in [1.82, 2.24) is 19.7 Å². The Morgan fingerprint density at radius 3 is 2.48 bits per heavy atom. The average molecular weight is 396 g/mol. The molecule has 0 bridgehead atoms. The number of nitrogens with one attached hydrogen (secondary N) is 1. The van der Waals surface area contributed by atoms with E-state index in [4.69, 9.17) is 4.74 Å². The number of nitrogens with zero attached hydrogens (tertiary/aromatic N) is 3. The molecule has 29 heavy (non-hydrogen) atoms. The Morgan fingerprint density at radius 1 is 1.14 bits per heavy atom. The van der Waals surface area contributed by atoms with Gasteiger partial charge in [0.1, 0.15) is 17.4 Å². The highest BCUT2D eigenvalue weighted by atomic mass is 19.1. The number of ether oxygens (including phenoxy) is 1. The molecule has 0 aliphatic carbocycles. The lowest BCUT2D eigenvalue weighted by atomic mass is 9.95. The summed E-state index contributed by atoms with van der Waals surface area (Å²) in [5.41, 5.74) is 0.420. The fourth-order valence-corrected chi connectivity index (χ4v) is 3.58. The van der Waals surface area contributed by atoms with Gasteiger partial charge in [0.05, 0.1) is 18.4 Å². The van der Waals surface area contributed by atoms with Gasteiger partial charge in [-0.3, -0.25) is 9.78 Å². The molecule has 3 aromatic rings. The summed E-state index contributed by atoms with van der Waals surface area (Å²) in [7, 11) is 1.58. The van der Waals surface area contributed by atoms with E-state index in [1.165, 1.54) is 16.8 Å². The number of hydrogen-bond acceptors (Lipinski definition) is 4. The first kappa shape index (κ1) is 18.9. The quantitative estimate of drug-likeness (QED) is 0.735. The number of aromatic nitrogens is 3. The van der Waals surface area contributed by atoms with Gasteiger partial charge in [-0.05, 0) is 49.2 Å². The maximum absolute atomic E-state index is 13.9. The molecule has 1 saturated heterocycles. The summed E-state index contributed by atoms with van der Waals surface area (Å²) in [6.07, 6.45) is 1.30. The third-order valence-corrected chi connectivity index (χ3v) is 5.23. The number of rotatable bonds is 4. The van der Waals surface area contributed by atoms with Gasteiger partial charge in [0.2, 0.25) is 0 Å². The van der Waals surface area contributed by atoms with Gasteiger partial charge in [-0.2, -0.15) is 4.68 Å². The predicted octanol–water partition coefficient (Wildman–Crippen LogP) is 2.73. The lowest BCUT2D eigenvalue weighted by Gasteiger charge is -2.31. The maximum Gasteiger partial charge on any atom is 0.348 e. The predicted molar refractivity (Wildman–Crippen MR) is 105 cm³/mol. The zero-order chi connectivity index (χ0) is 20.4.